The van der Waals surface area contributed by atoms with Crippen molar-refractivity contribution in [2.24, 2.45) is 0 Å². The number of carbonyl (C=O) groups is 1. The Bertz CT molecular complexity index is 430. The molecule has 1 aromatic carbocycles. The molecule has 1 fully saturated rings. The van der Waals surface area contributed by atoms with Gasteiger partial charge in [-0.2, -0.15) is 0 Å². The van der Waals surface area contributed by atoms with Crippen LogP contribution in [0.2, 0.25) is 0 Å². The second kappa shape index (κ2) is 5.61. The number of para-hydroxylation sites is 1. The molecule has 2 heterocycles. The first-order valence-electron chi connectivity index (χ1n) is 7.07. The molecule has 2 aliphatic rings. The maximum Gasteiger partial charge on any atom is 0.242 e. The topological polar surface area (TPSA) is 50.4 Å². The molecule has 1 saturated heterocycles. The molecule has 2 aliphatic heterocycles. The van der Waals surface area contributed by atoms with Crippen molar-refractivity contribution in [2.45, 2.75) is 37.8 Å². The highest BCUT2D eigenvalue weighted by Crippen LogP contribution is 2.25. The van der Waals surface area contributed by atoms with Gasteiger partial charge in [0.05, 0.1) is 6.10 Å². The zero-order valence-corrected chi connectivity index (χ0v) is 11.0. The van der Waals surface area contributed by atoms with E-state index in [0.717, 1.165) is 38.0 Å². The quantitative estimate of drug-likeness (QED) is 0.866. The van der Waals surface area contributed by atoms with E-state index < -0.39 is 0 Å². The van der Waals surface area contributed by atoms with E-state index >= 15 is 0 Å². The van der Waals surface area contributed by atoms with Crippen LogP contribution >= 0.6 is 0 Å². The van der Waals surface area contributed by atoms with E-state index in [-0.39, 0.29) is 11.9 Å². The molecule has 0 radical (unpaired) electrons. The molecular formula is C15H20N2O2. The molecule has 4 heteroatoms. The minimum atomic E-state index is -0.123. The fourth-order valence-electron chi connectivity index (χ4n) is 2.81. The van der Waals surface area contributed by atoms with E-state index in [1.807, 2.05) is 18.2 Å². The van der Waals surface area contributed by atoms with Crippen LogP contribution in [0.25, 0.3) is 0 Å². The van der Waals surface area contributed by atoms with Crippen LogP contribution in [-0.4, -0.2) is 31.2 Å². The van der Waals surface area contributed by atoms with Gasteiger partial charge in [0.1, 0.15) is 6.04 Å². The summed E-state index contributed by atoms with van der Waals surface area (Å²) in [6, 6.07) is 7.97. The van der Waals surface area contributed by atoms with E-state index in [0.29, 0.717) is 12.6 Å². The van der Waals surface area contributed by atoms with Gasteiger partial charge in [0.25, 0.3) is 0 Å². The summed E-state index contributed by atoms with van der Waals surface area (Å²) in [6.07, 6.45) is 4.32. The Morgan fingerprint density at radius 2 is 2.32 bits per heavy atom. The fourth-order valence-corrected chi connectivity index (χ4v) is 2.81. The van der Waals surface area contributed by atoms with Crippen LogP contribution in [0.3, 0.4) is 0 Å². The number of hydrogen-bond donors (Lipinski definition) is 2. The Morgan fingerprint density at radius 3 is 3.11 bits per heavy atom. The molecule has 102 valence electrons. The van der Waals surface area contributed by atoms with Crippen molar-refractivity contribution >= 4 is 11.6 Å². The number of fused-ring (bicyclic) bond motifs is 1. The normalized spacial score (nSPS) is 24.8. The van der Waals surface area contributed by atoms with Crippen molar-refractivity contribution < 1.29 is 9.53 Å². The molecule has 3 rings (SSSR count). The first kappa shape index (κ1) is 12.5. The first-order valence-corrected chi connectivity index (χ1v) is 7.07. The Labute approximate surface area is 113 Å². The van der Waals surface area contributed by atoms with Crippen molar-refractivity contribution in [3.8, 4) is 0 Å². The summed E-state index contributed by atoms with van der Waals surface area (Å²) in [7, 11) is 0. The molecule has 2 atom stereocenters. The minimum absolute atomic E-state index is 0.0918. The second-order valence-electron chi connectivity index (χ2n) is 5.27. The highest BCUT2D eigenvalue weighted by atomic mass is 16.5. The fraction of sp³-hybridized carbons (Fsp3) is 0.533. The molecular weight excluding hydrogens is 240 g/mol. The Hall–Kier alpha value is -1.55. The van der Waals surface area contributed by atoms with Gasteiger partial charge in [0, 0.05) is 25.3 Å². The van der Waals surface area contributed by atoms with E-state index in [1.54, 1.807) is 0 Å². The van der Waals surface area contributed by atoms with E-state index in [2.05, 4.69) is 16.7 Å². The van der Waals surface area contributed by atoms with Crippen molar-refractivity contribution in [1.29, 1.82) is 0 Å². The average molecular weight is 260 g/mol. The molecule has 2 N–H and O–H groups in total. The van der Waals surface area contributed by atoms with Gasteiger partial charge in [-0.1, -0.05) is 18.2 Å². The number of benzene rings is 1. The lowest BCUT2D eigenvalue weighted by molar-refractivity contribution is -0.121. The molecule has 0 saturated carbocycles. The third-order valence-corrected chi connectivity index (χ3v) is 3.88. The lowest BCUT2D eigenvalue weighted by Crippen LogP contribution is -2.39. The molecule has 4 nitrogen and oxygen atoms in total. The summed E-state index contributed by atoms with van der Waals surface area (Å²) < 4.78 is 5.54. The lowest BCUT2D eigenvalue weighted by atomic mass is 10.1. The van der Waals surface area contributed by atoms with Gasteiger partial charge in [-0.15, -0.1) is 0 Å². The summed E-state index contributed by atoms with van der Waals surface area (Å²) in [5.41, 5.74) is 2.31. The van der Waals surface area contributed by atoms with Crippen molar-refractivity contribution in [3.63, 3.8) is 0 Å². The van der Waals surface area contributed by atoms with Crippen LogP contribution in [-0.2, 0) is 16.0 Å². The van der Waals surface area contributed by atoms with E-state index in [1.165, 1.54) is 5.56 Å². The molecule has 19 heavy (non-hydrogen) atoms. The van der Waals surface area contributed by atoms with Crippen LogP contribution < -0.4 is 10.6 Å². The summed E-state index contributed by atoms with van der Waals surface area (Å²) in [5.74, 6) is 0.0918. The zero-order chi connectivity index (χ0) is 13.1. The van der Waals surface area contributed by atoms with Gasteiger partial charge in [0.2, 0.25) is 5.91 Å². The number of amides is 1. The van der Waals surface area contributed by atoms with Crippen LogP contribution in [0, 0.1) is 0 Å². The van der Waals surface area contributed by atoms with Crippen LogP contribution in [0.4, 0.5) is 5.69 Å². The maximum absolute atomic E-state index is 12.1. The number of hydrogen-bond acceptors (Lipinski definition) is 3. The number of nitrogens with one attached hydrogen (secondary N) is 2. The smallest absolute Gasteiger partial charge is 0.242 e. The largest absolute Gasteiger partial charge is 0.378 e. The third kappa shape index (κ3) is 2.89. The number of anilines is 1. The minimum Gasteiger partial charge on any atom is -0.378 e. The SMILES string of the molecule is O=C(NCCC1CCCO1)C1Cc2ccccc2N1. The number of ether oxygens (including phenoxy) is 1. The number of rotatable bonds is 4. The summed E-state index contributed by atoms with van der Waals surface area (Å²) in [5, 5.41) is 6.27. The standard InChI is InChI=1S/C15H20N2O2/c18-15(16-8-7-12-5-3-9-19-12)14-10-11-4-1-2-6-13(11)17-14/h1-2,4,6,12,14,17H,3,5,7-10H2,(H,16,18). The summed E-state index contributed by atoms with van der Waals surface area (Å²) >= 11 is 0. The van der Waals surface area contributed by atoms with Gasteiger partial charge in [-0.3, -0.25) is 4.79 Å². The second-order valence-corrected chi connectivity index (χ2v) is 5.27. The van der Waals surface area contributed by atoms with Crippen LogP contribution in [0.15, 0.2) is 24.3 Å². The van der Waals surface area contributed by atoms with Crippen molar-refractivity contribution in [3.05, 3.63) is 29.8 Å². The number of carbonyl (C=O) groups excluding carboxylic acids is 1. The summed E-state index contributed by atoms with van der Waals surface area (Å²) in [6.45, 7) is 1.58. The summed E-state index contributed by atoms with van der Waals surface area (Å²) in [4.78, 5) is 12.1. The Kier molecular flexibility index (Phi) is 3.69. The Balaban J connectivity index is 1.44. The van der Waals surface area contributed by atoms with Gasteiger partial charge in [0.15, 0.2) is 0 Å². The molecule has 0 aromatic heterocycles. The monoisotopic (exact) mass is 260 g/mol. The van der Waals surface area contributed by atoms with Gasteiger partial charge in [-0.25, -0.2) is 0 Å². The van der Waals surface area contributed by atoms with Crippen molar-refractivity contribution in [2.75, 3.05) is 18.5 Å². The van der Waals surface area contributed by atoms with Gasteiger partial charge in [-0.05, 0) is 30.9 Å². The zero-order valence-electron chi connectivity index (χ0n) is 11.0. The molecule has 0 aliphatic carbocycles. The predicted molar refractivity (Wildman–Crippen MR) is 74.2 cm³/mol. The molecule has 0 bridgehead atoms. The maximum atomic E-state index is 12.1. The lowest BCUT2D eigenvalue weighted by Gasteiger charge is -2.13. The highest BCUT2D eigenvalue weighted by molar-refractivity contribution is 5.87. The molecule has 1 aromatic rings. The first-order chi connectivity index (χ1) is 9.33. The van der Waals surface area contributed by atoms with Crippen LogP contribution in [0.1, 0.15) is 24.8 Å². The average Bonchev–Trinajstić information content (AvgIpc) is 3.07. The van der Waals surface area contributed by atoms with Gasteiger partial charge >= 0.3 is 0 Å². The van der Waals surface area contributed by atoms with Crippen molar-refractivity contribution in [1.82, 2.24) is 5.32 Å². The predicted octanol–water partition coefficient (Wildman–Crippen LogP) is 1.71. The highest BCUT2D eigenvalue weighted by Gasteiger charge is 2.26. The molecule has 2 unspecified atom stereocenters. The van der Waals surface area contributed by atoms with Gasteiger partial charge < -0.3 is 15.4 Å². The molecule has 1 amide bonds. The Morgan fingerprint density at radius 1 is 1.42 bits per heavy atom. The third-order valence-electron chi connectivity index (χ3n) is 3.88. The van der Waals surface area contributed by atoms with E-state index in [9.17, 15) is 4.79 Å². The molecule has 0 spiro atoms. The van der Waals surface area contributed by atoms with Crippen LogP contribution in [0.5, 0.6) is 0 Å². The van der Waals surface area contributed by atoms with E-state index in [4.69, 9.17) is 4.74 Å².